The van der Waals surface area contributed by atoms with E-state index in [1.807, 2.05) is 28.7 Å². The number of anilines is 2. The Kier molecular flexibility index (Phi) is 5.20. The molecule has 0 fully saturated rings. The summed E-state index contributed by atoms with van der Waals surface area (Å²) >= 11 is 5.93. The van der Waals surface area contributed by atoms with Gasteiger partial charge in [-0.15, -0.1) is 0 Å². The summed E-state index contributed by atoms with van der Waals surface area (Å²) in [6.07, 6.45) is 4.97. The summed E-state index contributed by atoms with van der Waals surface area (Å²) in [5.74, 6) is -0.378. The highest BCUT2D eigenvalue weighted by Gasteiger charge is 2.17. The molecule has 2 aromatic heterocycles. The van der Waals surface area contributed by atoms with Crippen LogP contribution in [0.4, 0.5) is 11.4 Å². The molecule has 4 rings (SSSR count). The monoisotopic (exact) mass is 419 g/mol. The van der Waals surface area contributed by atoms with Gasteiger partial charge in [0, 0.05) is 42.1 Å². The summed E-state index contributed by atoms with van der Waals surface area (Å²) in [5, 5.41) is 3.34. The Morgan fingerprint density at radius 3 is 2.37 bits per heavy atom. The molecule has 8 heteroatoms. The number of fused-ring (bicyclic) bond motifs is 1. The number of carbonyl (C=O) groups excluding carboxylic acids is 2. The smallest absolute Gasteiger partial charge is 0.278 e. The van der Waals surface area contributed by atoms with Crippen molar-refractivity contribution in [1.82, 2.24) is 14.4 Å². The van der Waals surface area contributed by atoms with Crippen molar-refractivity contribution in [2.45, 2.75) is 6.92 Å². The van der Waals surface area contributed by atoms with Crippen LogP contribution in [-0.2, 0) is 4.79 Å². The van der Waals surface area contributed by atoms with E-state index < -0.39 is 0 Å². The maximum absolute atomic E-state index is 12.9. The highest BCUT2D eigenvalue weighted by Crippen LogP contribution is 2.24. The molecule has 0 aliphatic heterocycles. The van der Waals surface area contributed by atoms with Crippen LogP contribution >= 0.6 is 11.6 Å². The minimum absolute atomic E-state index is 0.128. The lowest BCUT2D eigenvalue weighted by atomic mass is 10.1. The quantitative estimate of drug-likeness (QED) is 0.535. The maximum Gasteiger partial charge on any atom is 0.278 e. The number of amides is 2. The van der Waals surface area contributed by atoms with E-state index in [-0.39, 0.29) is 17.5 Å². The summed E-state index contributed by atoms with van der Waals surface area (Å²) < 4.78 is 1.82. The van der Waals surface area contributed by atoms with E-state index in [1.165, 1.54) is 11.8 Å². The molecule has 150 valence electrons. The average Bonchev–Trinajstić information content (AvgIpc) is 3.16. The van der Waals surface area contributed by atoms with Gasteiger partial charge in [0.1, 0.15) is 5.69 Å². The van der Waals surface area contributed by atoms with Crippen molar-refractivity contribution < 1.29 is 9.59 Å². The van der Waals surface area contributed by atoms with E-state index in [2.05, 4.69) is 15.3 Å². The first-order valence-electron chi connectivity index (χ1n) is 9.17. The minimum Gasteiger partial charge on any atom is -0.326 e. The van der Waals surface area contributed by atoms with Gasteiger partial charge in [0.2, 0.25) is 5.91 Å². The fourth-order valence-electron chi connectivity index (χ4n) is 3.09. The zero-order valence-electron chi connectivity index (χ0n) is 16.3. The first-order chi connectivity index (χ1) is 14.4. The molecule has 0 aliphatic rings. The molecule has 0 spiro atoms. The first kappa shape index (κ1) is 19.6. The van der Waals surface area contributed by atoms with Crippen LogP contribution in [0.25, 0.3) is 16.9 Å². The van der Waals surface area contributed by atoms with Gasteiger partial charge in [-0.1, -0.05) is 23.7 Å². The van der Waals surface area contributed by atoms with Gasteiger partial charge in [0.25, 0.3) is 5.91 Å². The molecular weight excluding hydrogens is 402 g/mol. The van der Waals surface area contributed by atoms with Gasteiger partial charge in [-0.25, -0.2) is 9.97 Å². The number of hydrogen-bond donors (Lipinski definition) is 1. The van der Waals surface area contributed by atoms with Gasteiger partial charge >= 0.3 is 0 Å². The SMILES string of the molecule is CC(=O)Nc1ccc(-c2cnc3cnc(C(=O)N(C)c4ccc(Cl)cc4)cn23)cc1. The molecule has 0 unspecified atom stereocenters. The number of carbonyl (C=O) groups is 2. The van der Waals surface area contributed by atoms with Crippen molar-refractivity contribution in [2.24, 2.45) is 0 Å². The molecule has 4 aromatic rings. The summed E-state index contributed by atoms with van der Waals surface area (Å²) in [6.45, 7) is 1.46. The zero-order chi connectivity index (χ0) is 21.3. The molecule has 0 radical (unpaired) electrons. The molecule has 0 atom stereocenters. The van der Waals surface area contributed by atoms with Crippen LogP contribution < -0.4 is 10.2 Å². The van der Waals surface area contributed by atoms with Crippen LogP contribution in [0.5, 0.6) is 0 Å². The number of halogens is 1. The van der Waals surface area contributed by atoms with Crippen LogP contribution in [-0.4, -0.2) is 33.2 Å². The molecule has 7 nitrogen and oxygen atoms in total. The number of imidazole rings is 1. The summed E-state index contributed by atoms with van der Waals surface area (Å²) in [7, 11) is 1.69. The van der Waals surface area contributed by atoms with Crippen LogP contribution in [0.15, 0.2) is 67.1 Å². The van der Waals surface area contributed by atoms with E-state index in [9.17, 15) is 9.59 Å². The Bertz CT molecular complexity index is 1230. The van der Waals surface area contributed by atoms with Crippen LogP contribution in [0, 0.1) is 0 Å². The largest absolute Gasteiger partial charge is 0.326 e. The number of aromatic nitrogens is 3. The summed E-state index contributed by atoms with van der Waals surface area (Å²) in [4.78, 5) is 34.3. The predicted octanol–water partition coefficient (Wildman–Crippen LogP) is 4.28. The van der Waals surface area contributed by atoms with Crippen molar-refractivity contribution in [3.05, 3.63) is 77.8 Å². The molecule has 2 heterocycles. The molecule has 0 saturated heterocycles. The Hall–Kier alpha value is -3.71. The highest BCUT2D eigenvalue weighted by molar-refractivity contribution is 6.30. The molecule has 0 aliphatic carbocycles. The number of benzene rings is 2. The van der Waals surface area contributed by atoms with Gasteiger partial charge in [0.15, 0.2) is 5.65 Å². The van der Waals surface area contributed by atoms with E-state index in [4.69, 9.17) is 11.6 Å². The first-order valence-corrected chi connectivity index (χ1v) is 9.55. The second kappa shape index (κ2) is 7.96. The zero-order valence-corrected chi connectivity index (χ0v) is 17.1. The normalized spacial score (nSPS) is 10.8. The molecule has 2 amide bonds. The highest BCUT2D eigenvalue weighted by atomic mass is 35.5. The Labute approximate surface area is 177 Å². The molecule has 0 saturated carbocycles. The van der Waals surface area contributed by atoms with Crippen LogP contribution in [0.1, 0.15) is 17.4 Å². The van der Waals surface area contributed by atoms with E-state index >= 15 is 0 Å². The van der Waals surface area contributed by atoms with Gasteiger partial charge in [-0.3, -0.25) is 14.0 Å². The van der Waals surface area contributed by atoms with E-state index in [1.54, 1.807) is 49.9 Å². The van der Waals surface area contributed by atoms with Gasteiger partial charge < -0.3 is 10.2 Å². The topological polar surface area (TPSA) is 79.6 Å². The third-order valence-corrected chi connectivity index (χ3v) is 4.89. The number of rotatable bonds is 4. The molecule has 0 bridgehead atoms. The number of hydrogen-bond acceptors (Lipinski definition) is 4. The van der Waals surface area contributed by atoms with Gasteiger partial charge in [0.05, 0.1) is 18.1 Å². The Balaban J connectivity index is 1.66. The third-order valence-electron chi connectivity index (χ3n) is 4.63. The Morgan fingerprint density at radius 1 is 1.00 bits per heavy atom. The second-order valence-electron chi connectivity index (χ2n) is 6.74. The fraction of sp³-hybridized carbons (Fsp3) is 0.0909. The lowest BCUT2D eigenvalue weighted by Gasteiger charge is -2.17. The Morgan fingerprint density at radius 2 is 1.70 bits per heavy atom. The lowest BCUT2D eigenvalue weighted by Crippen LogP contribution is -2.27. The lowest BCUT2D eigenvalue weighted by molar-refractivity contribution is -0.114. The van der Waals surface area contributed by atoms with Crippen LogP contribution in [0.3, 0.4) is 0 Å². The van der Waals surface area contributed by atoms with Crippen molar-refractivity contribution in [2.75, 3.05) is 17.3 Å². The van der Waals surface area contributed by atoms with E-state index in [0.29, 0.717) is 22.0 Å². The van der Waals surface area contributed by atoms with Crippen molar-refractivity contribution >= 4 is 40.4 Å². The third kappa shape index (κ3) is 3.88. The second-order valence-corrected chi connectivity index (χ2v) is 7.18. The van der Waals surface area contributed by atoms with Gasteiger partial charge in [-0.05, 0) is 36.4 Å². The van der Waals surface area contributed by atoms with Crippen LogP contribution in [0.2, 0.25) is 5.02 Å². The predicted molar refractivity (Wildman–Crippen MR) is 117 cm³/mol. The molecular formula is C22H18ClN5O2. The summed E-state index contributed by atoms with van der Waals surface area (Å²) in [6, 6.07) is 14.4. The maximum atomic E-state index is 12.9. The van der Waals surface area contributed by atoms with Crippen molar-refractivity contribution in [1.29, 1.82) is 0 Å². The number of nitrogens with one attached hydrogen (secondary N) is 1. The van der Waals surface area contributed by atoms with E-state index in [0.717, 1.165) is 11.3 Å². The molecule has 1 N–H and O–H groups in total. The molecule has 30 heavy (non-hydrogen) atoms. The average molecular weight is 420 g/mol. The molecule has 2 aromatic carbocycles. The number of nitrogens with zero attached hydrogens (tertiary/aromatic N) is 4. The van der Waals surface area contributed by atoms with Crippen molar-refractivity contribution in [3.63, 3.8) is 0 Å². The fourth-order valence-corrected chi connectivity index (χ4v) is 3.22. The summed E-state index contributed by atoms with van der Waals surface area (Å²) in [5.41, 5.74) is 4.04. The van der Waals surface area contributed by atoms with Gasteiger partial charge in [-0.2, -0.15) is 0 Å². The van der Waals surface area contributed by atoms with Crippen molar-refractivity contribution in [3.8, 4) is 11.3 Å². The minimum atomic E-state index is -0.250. The standard InChI is InChI=1S/C22H18ClN5O2/c1-14(29)26-17-7-3-15(4-8-17)20-11-25-21-12-24-19(13-28(20)21)22(30)27(2)18-9-5-16(23)6-10-18/h3-13H,1-2H3,(H,26,29).